The first-order chi connectivity index (χ1) is 10.2. The van der Waals surface area contributed by atoms with E-state index in [0.29, 0.717) is 17.0 Å². The minimum atomic E-state index is -0.981. The number of carboxylic acid groups (broad SMARTS) is 1. The molecule has 2 aromatic heterocycles. The second-order valence-electron chi connectivity index (χ2n) is 5.24. The van der Waals surface area contributed by atoms with Gasteiger partial charge in [-0.3, -0.25) is 0 Å². The molecule has 1 aromatic carbocycles. The number of hydrogen-bond donors (Lipinski definition) is 1. The van der Waals surface area contributed by atoms with Crippen LogP contribution in [-0.4, -0.2) is 16.1 Å². The van der Waals surface area contributed by atoms with Crippen LogP contribution in [0.2, 0.25) is 0 Å². The summed E-state index contributed by atoms with van der Waals surface area (Å²) in [7, 11) is 0. The SMILES string of the molecule is O=C(O)c1cccc2oc(-c3cc4c(s3)CCCC4)nc12. The standard InChI is InChI=1S/C16H13NO3S/c18-16(19)10-5-3-6-11-14(10)17-15(20-11)13-8-9-4-1-2-7-12(9)21-13/h3,5-6,8H,1-2,4,7H2,(H,18,19). The van der Waals surface area contributed by atoms with E-state index in [9.17, 15) is 9.90 Å². The van der Waals surface area contributed by atoms with Crippen molar-refractivity contribution in [2.75, 3.05) is 0 Å². The highest BCUT2D eigenvalue weighted by molar-refractivity contribution is 7.15. The fourth-order valence-corrected chi connectivity index (χ4v) is 4.00. The van der Waals surface area contributed by atoms with Crippen LogP contribution in [0.5, 0.6) is 0 Å². The fraction of sp³-hybridized carbons (Fsp3) is 0.250. The molecule has 1 aliphatic carbocycles. The van der Waals surface area contributed by atoms with E-state index in [0.717, 1.165) is 17.7 Å². The lowest BCUT2D eigenvalue weighted by Gasteiger charge is -2.08. The van der Waals surface area contributed by atoms with E-state index in [1.54, 1.807) is 29.5 Å². The van der Waals surface area contributed by atoms with Gasteiger partial charge >= 0.3 is 5.97 Å². The smallest absolute Gasteiger partial charge is 0.338 e. The third-order valence-corrected chi connectivity index (χ3v) is 5.08. The van der Waals surface area contributed by atoms with Crippen LogP contribution < -0.4 is 0 Å². The molecule has 2 heterocycles. The van der Waals surface area contributed by atoms with Gasteiger partial charge < -0.3 is 9.52 Å². The van der Waals surface area contributed by atoms with Crippen LogP contribution in [0.15, 0.2) is 28.7 Å². The van der Waals surface area contributed by atoms with Crippen molar-refractivity contribution < 1.29 is 14.3 Å². The Hall–Kier alpha value is -2.14. The molecule has 0 bridgehead atoms. The van der Waals surface area contributed by atoms with Crippen LogP contribution in [0.25, 0.3) is 21.9 Å². The molecular formula is C16H13NO3S. The third-order valence-electron chi connectivity index (χ3n) is 3.86. The molecule has 0 saturated carbocycles. The van der Waals surface area contributed by atoms with Gasteiger partial charge in [0.05, 0.1) is 10.4 Å². The highest BCUT2D eigenvalue weighted by Gasteiger charge is 2.19. The van der Waals surface area contributed by atoms with Crippen molar-refractivity contribution in [1.82, 2.24) is 4.98 Å². The average Bonchev–Trinajstić information content (AvgIpc) is 3.09. The van der Waals surface area contributed by atoms with Crippen molar-refractivity contribution in [3.63, 3.8) is 0 Å². The Balaban J connectivity index is 1.85. The number of thiophene rings is 1. The molecule has 0 radical (unpaired) electrons. The summed E-state index contributed by atoms with van der Waals surface area (Å²) in [6.45, 7) is 0. The summed E-state index contributed by atoms with van der Waals surface area (Å²) in [6, 6.07) is 7.13. The van der Waals surface area contributed by atoms with Crippen molar-refractivity contribution in [2.45, 2.75) is 25.7 Å². The first kappa shape index (κ1) is 12.6. The van der Waals surface area contributed by atoms with Crippen molar-refractivity contribution >= 4 is 28.4 Å². The van der Waals surface area contributed by atoms with Crippen LogP contribution in [-0.2, 0) is 12.8 Å². The van der Waals surface area contributed by atoms with Crippen LogP contribution >= 0.6 is 11.3 Å². The molecule has 0 fully saturated rings. The van der Waals surface area contributed by atoms with Crippen LogP contribution in [0.3, 0.4) is 0 Å². The van der Waals surface area contributed by atoms with Crippen molar-refractivity contribution in [2.24, 2.45) is 0 Å². The number of fused-ring (bicyclic) bond motifs is 2. The van der Waals surface area contributed by atoms with Gasteiger partial charge in [-0.15, -0.1) is 11.3 Å². The zero-order valence-electron chi connectivity index (χ0n) is 11.3. The maximum absolute atomic E-state index is 11.2. The van der Waals surface area contributed by atoms with Crippen molar-refractivity contribution in [3.8, 4) is 10.8 Å². The lowest BCUT2D eigenvalue weighted by atomic mass is 9.99. The number of nitrogens with zero attached hydrogens (tertiary/aromatic N) is 1. The zero-order valence-corrected chi connectivity index (χ0v) is 12.1. The summed E-state index contributed by atoms with van der Waals surface area (Å²) in [5.41, 5.74) is 2.52. The molecule has 0 spiro atoms. The number of hydrogen-bond acceptors (Lipinski definition) is 4. The summed E-state index contributed by atoms with van der Waals surface area (Å²) >= 11 is 1.71. The number of para-hydroxylation sites is 1. The Bertz CT molecular complexity index is 823. The Morgan fingerprint density at radius 2 is 2.14 bits per heavy atom. The van der Waals surface area contributed by atoms with E-state index < -0.39 is 5.97 Å². The summed E-state index contributed by atoms with van der Waals surface area (Å²) in [4.78, 5) is 18.1. The van der Waals surface area contributed by atoms with Crippen molar-refractivity contribution in [1.29, 1.82) is 0 Å². The minimum absolute atomic E-state index is 0.184. The molecule has 0 aliphatic heterocycles. The second-order valence-corrected chi connectivity index (χ2v) is 6.38. The van der Waals surface area contributed by atoms with Gasteiger partial charge in [-0.1, -0.05) is 6.07 Å². The molecule has 1 aliphatic rings. The monoisotopic (exact) mass is 299 g/mol. The molecule has 106 valence electrons. The molecule has 0 atom stereocenters. The molecule has 0 amide bonds. The maximum atomic E-state index is 11.2. The molecule has 21 heavy (non-hydrogen) atoms. The van der Waals surface area contributed by atoms with Gasteiger partial charge in [0.15, 0.2) is 5.58 Å². The summed E-state index contributed by atoms with van der Waals surface area (Å²) < 4.78 is 5.76. The predicted molar refractivity (Wildman–Crippen MR) is 80.9 cm³/mol. The number of carbonyl (C=O) groups is 1. The van der Waals surface area contributed by atoms with Gasteiger partial charge in [-0.05, 0) is 49.4 Å². The Morgan fingerprint density at radius 3 is 2.95 bits per heavy atom. The predicted octanol–water partition coefficient (Wildman–Crippen LogP) is 4.13. The van der Waals surface area contributed by atoms with Gasteiger partial charge in [-0.25, -0.2) is 9.78 Å². The molecule has 4 nitrogen and oxygen atoms in total. The first-order valence-corrected chi connectivity index (χ1v) is 7.79. The third kappa shape index (κ3) is 2.05. The summed E-state index contributed by atoms with van der Waals surface area (Å²) in [5.74, 6) is -0.455. The maximum Gasteiger partial charge on any atom is 0.338 e. The number of oxazole rings is 1. The number of rotatable bonds is 2. The molecule has 1 N–H and O–H groups in total. The van der Waals surface area contributed by atoms with E-state index >= 15 is 0 Å². The molecule has 3 aromatic rings. The molecule has 0 saturated heterocycles. The van der Waals surface area contributed by atoms with E-state index in [2.05, 4.69) is 11.1 Å². The summed E-state index contributed by atoms with van der Waals surface area (Å²) in [5, 5.41) is 9.22. The number of aromatic carboxylic acids is 1. The van der Waals surface area contributed by atoms with E-state index in [1.165, 1.54) is 23.3 Å². The number of aromatic nitrogens is 1. The van der Waals surface area contributed by atoms with Gasteiger partial charge in [0.25, 0.3) is 0 Å². The Kier molecular flexibility index (Phi) is 2.82. The lowest BCUT2D eigenvalue weighted by molar-refractivity contribution is 0.0699. The molecule has 4 rings (SSSR count). The van der Waals surface area contributed by atoms with E-state index in [4.69, 9.17) is 4.42 Å². The summed E-state index contributed by atoms with van der Waals surface area (Å²) in [6.07, 6.45) is 4.72. The highest BCUT2D eigenvalue weighted by atomic mass is 32.1. The molecule has 5 heteroatoms. The number of aryl methyl sites for hydroxylation is 2. The highest BCUT2D eigenvalue weighted by Crippen LogP contribution is 2.36. The van der Waals surface area contributed by atoms with Gasteiger partial charge in [0, 0.05) is 4.88 Å². The zero-order chi connectivity index (χ0) is 14.4. The number of carboxylic acids is 1. The average molecular weight is 299 g/mol. The normalized spacial score (nSPS) is 14.3. The largest absolute Gasteiger partial charge is 0.478 e. The van der Waals surface area contributed by atoms with Gasteiger partial charge in [0.1, 0.15) is 5.52 Å². The van der Waals surface area contributed by atoms with Crippen LogP contribution in [0, 0.1) is 0 Å². The number of benzene rings is 1. The first-order valence-electron chi connectivity index (χ1n) is 6.97. The lowest BCUT2D eigenvalue weighted by Crippen LogP contribution is -1.96. The van der Waals surface area contributed by atoms with E-state index in [1.807, 2.05) is 0 Å². The topological polar surface area (TPSA) is 63.3 Å². The van der Waals surface area contributed by atoms with E-state index in [-0.39, 0.29) is 5.56 Å². The molecular weight excluding hydrogens is 286 g/mol. The quantitative estimate of drug-likeness (QED) is 0.772. The Morgan fingerprint density at radius 1 is 1.29 bits per heavy atom. The Labute approximate surface area is 125 Å². The van der Waals surface area contributed by atoms with Crippen LogP contribution in [0.1, 0.15) is 33.6 Å². The van der Waals surface area contributed by atoms with Gasteiger partial charge in [0.2, 0.25) is 5.89 Å². The second kappa shape index (κ2) is 4.70. The minimum Gasteiger partial charge on any atom is -0.478 e. The van der Waals surface area contributed by atoms with Crippen molar-refractivity contribution in [3.05, 3.63) is 40.3 Å². The molecule has 0 unspecified atom stereocenters. The van der Waals surface area contributed by atoms with Gasteiger partial charge in [-0.2, -0.15) is 0 Å². The fourth-order valence-electron chi connectivity index (χ4n) is 2.82. The van der Waals surface area contributed by atoms with Crippen LogP contribution in [0.4, 0.5) is 0 Å².